The summed E-state index contributed by atoms with van der Waals surface area (Å²) in [5.41, 5.74) is 1.83. The Hall–Kier alpha value is -2.98. The van der Waals surface area contributed by atoms with Crippen LogP contribution in [-0.4, -0.2) is 34.0 Å². The van der Waals surface area contributed by atoms with E-state index in [-0.39, 0.29) is 17.9 Å². The van der Waals surface area contributed by atoms with Crippen LogP contribution in [0.2, 0.25) is 0 Å². The first-order chi connectivity index (χ1) is 18.6. The van der Waals surface area contributed by atoms with Gasteiger partial charge in [0.15, 0.2) is 0 Å². The van der Waals surface area contributed by atoms with E-state index in [4.69, 9.17) is 0 Å². The van der Waals surface area contributed by atoms with Gasteiger partial charge in [-0.2, -0.15) is 0 Å². The van der Waals surface area contributed by atoms with Crippen molar-refractivity contribution in [1.82, 2.24) is 20.2 Å². The summed E-state index contributed by atoms with van der Waals surface area (Å²) in [5.74, 6) is 7.02. The van der Waals surface area contributed by atoms with E-state index < -0.39 is 11.9 Å². The third kappa shape index (κ3) is 5.04. The molecule has 2 amide bonds. The second kappa shape index (κ2) is 10.9. The number of benzene rings is 1. The predicted molar refractivity (Wildman–Crippen MR) is 153 cm³/mol. The molecule has 2 aromatic rings. The van der Waals surface area contributed by atoms with Crippen LogP contribution in [0.15, 0.2) is 23.0 Å². The first-order valence-electron chi connectivity index (χ1n) is 14.7. The number of amides is 2. The zero-order valence-electron chi connectivity index (χ0n) is 23.9. The zero-order chi connectivity index (χ0) is 27.8. The van der Waals surface area contributed by atoms with Crippen LogP contribution in [-0.2, 0) is 9.59 Å². The Morgan fingerprint density at radius 1 is 1.10 bits per heavy atom. The van der Waals surface area contributed by atoms with Crippen LogP contribution < -0.4 is 16.2 Å². The molecule has 208 valence electrons. The van der Waals surface area contributed by atoms with Gasteiger partial charge in [0, 0.05) is 24.4 Å². The fraction of sp³-hybridized carbons (Fsp3) is 0.625. The van der Waals surface area contributed by atoms with Gasteiger partial charge in [0.05, 0.1) is 10.9 Å². The summed E-state index contributed by atoms with van der Waals surface area (Å²) in [6.45, 7) is 10.2. The Kier molecular flexibility index (Phi) is 7.70. The number of nitrogens with zero attached hydrogens (tertiary/aromatic N) is 2. The first kappa shape index (κ1) is 27.6. The SMILES string of the molecule is Cc1nc2cccc(C#CCCCCCCN[C@H]3C[C@H]4CC[C@]3(C)C4(C)C)c2c(=O)n1C1CCC(=O)NC1=O. The van der Waals surface area contributed by atoms with Gasteiger partial charge in [-0.3, -0.25) is 24.3 Å². The van der Waals surface area contributed by atoms with Gasteiger partial charge in [0.2, 0.25) is 11.8 Å². The van der Waals surface area contributed by atoms with Crippen LogP contribution >= 0.6 is 0 Å². The molecule has 0 spiro atoms. The number of hydrogen-bond acceptors (Lipinski definition) is 5. The van der Waals surface area contributed by atoms with Crippen molar-refractivity contribution in [3.63, 3.8) is 0 Å². The minimum absolute atomic E-state index is 0.205. The standard InChI is InChI=1S/C32H42N4O3/c1-21-34-24-14-11-13-22(28(24)30(39)36(21)25-15-16-27(37)35-29(25)38)12-9-7-5-6-8-10-19-33-26-20-23-17-18-32(26,4)31(23,2)3/h11,13-14,23,25-26,33H,5-8,10,15-20H2,1-4H3,(H,35,37,38)/t23-,25?,26+,32+/m1/s1. The molecule has 2 heterocycles. The molecule has 7 nitrogen and oxygen atoms in total. The number of aryl methyl sites for hydroxylation is 1. The van der Waals surface area contributed by atoms with Crippen LogP contribution in [0.3, 0.4) is 0 Å². The molecule has 1 aromatic heterocycles. The van der Waals surface area contributed by atoms with Crippen molar-refractivity contribution < 1.29 is 9.59 Å². The lowest BCUT2D eigenvalue weighted by atomic mass is 9.69. The average molecular weight is 531 g/mol. The fourth-order valence-electron chi connectivity index (χ4n) is 7.39. The van der Waals surface area contributed by atoms with E-state index in [0.29, 0.717) is 45.6 Å². The second-order valence-electron chi connectivity index (χ2n) is 12.6. The van der Waals surface area contributed by atoms with Crippen molar-refractivity contribution in [2.24, 2.45) is 16.7 Å². The number of hydrogen-bond donors (Lipinski definition) is 2. The van der Waals surface area contributed by atoms with Crippen molar-refractivity contribution in [1.29, 1.82) is 0 Å². The lowest BCUT2D eigenvalue weighted by Gasteiger charge is -2.39. The van der Waals surface area contributed by atoms with Crippen LogP contribution in [0.4, 0.5) is 0 Å². The van der Waals surface area contributed by atoms with Gasteiger partial charge in [-0.25, -0.2) is 4.98 Å². The smallest absolute Gasteiger partial charge is 0.263 e. The quantitative estimate of drug-likeness (QED) is 0.291. The zero-order valence-corrected chi connectivity index (χ0v) is 23.9. The normalized spacial score (nSPS) is 27.4. The van der Waals surface area contributed by atoms with E-state index in [0.717, 1.165) is 31.7 Å². The number of unbranched alkanes of at least 4 members (excludes halogenated alkanes) is 4. The largest absolute Gasteiger partial charge is 0.313 e. The number of carbonyl (C=O) groups is 2. The molecule has 0 radical (unpaired) electrons. The molecule has 1 unspecified atom stereocenters. The molecule has 1 aromatic carbocycles. The van der Waals surface area contributed by atoms with Gasteiger partial charge >= 0.3 is 0 Å². The van der Waals surface area contributed by atoms with Crippen molar-refractivity contribution in [2.45, 2.75) is 104 Å². The molecule has 2 N–H and O–H groups in total. The van der Waals surface area contributed by atoms with E-state index in [1.165, 1.54) is 36.7 Å². The third-order valence-electron chi connectivity index (χ3n) is 10.3. The molecule has 2 bridgehead atoms. The Morgan fingerprint density at radius 2 is 1.90 bits per heavy atom. The number of nitrogens with one attached hydrogen (secondary N) is 2. The average Bonchev–Trinajstić information content (AvgIpc) is 3.22. The maximum Gasteiger partial charge on any atom is 0.263 e. The van der Waals surface area contributed by atoms with Crippen LogP contribution in [0.5, 0.6) is 0 Å². The number of imide groups is 1. The van der Waals surface area contributed by atoms with Crippen LogP contribution in [0.1, 0.15) is 102 Å². The molecule has 4 atom stereocenters. The van der Waals surface area contributed by atoms with E-state index in [1.807, 2.05) is 12.1 Å². The molecular formula is C32H42N4O3. The molecule has 5 rings (SSSR count). The molecule has 2 saturated carbocycles. The van der Waals surface area contributed by atoms with Crippen molar-refractivity contribution in [3.05, 3.63) is 39.9 Å². The van der Waals surface area contributed by atoms with Crippen LogP contribution in [0.25, 0.3) is 10.9 Å². The number of rotatable bonds is 8. The van der Waals surface area contributed by atoms with E-state index in [9.17, 15) is 14.4 Å². The lowest BCUT2D eigenvalue weighted by molar-refractivity contribution is -0.135. The maximum absolute atomic E-state index is 13.5. The molecule has 1 saturated heterocycles. The number of aromatic nitrogens is 2. The topological polar surface area (TPSA) is 93.1 Å². The highest BCUT2D eigenvalue weighted by Gasteiger charge is 2.60. The second-order valence-corrected chi connectivity index (χ2v) is 12.6. The number of piperidine rings is 1. The summed E-state index contributed by atoms with van der Waals surface area (Å²) in [4.78, 5) is 42.1. The molecule has 2 aliphatic carbocycles. The van der Waals surface area contributed by atoms with Gasteiger partial charge in [0.25, 0.3) is 5.56 Å². The predicted octanol–water partition coefficient (Wildman–Crippen LogP) is 4.79. The van der Waals surface area contributed by atoms with Gasteiger partial charge in [0.1, 0.15) is 11.9 Å². The van der Waals surface area contributed by atoms with Crippen molar-refractivity contribution >= 4 is 22.7 Å². The van der Waals surface area contributed by atoms with E-state index in [1.54, 1.807) is 13.0 Å². The Balaban J connectivity index is 1.14. The highest BCUT2D eigenvalue weighted by atomic mass is 16.2. The van der Waals surface area contributed by atoms with Crippen molar-refractivity contribution in [3.8, 4) is 11.8 Å². The molecule has 7 heteroatoms. The fourth-order valence-corrected chi connectivity index (χ4v) is 7.39. The molecular weight excluding hydrogens is 488 g/mol. The van der Waals surface area contributed by atoms with Gasteiger partial charge in [-0.1, -0.05) is 51.5 Å². The Labute approximate surface area is 231 Å². The van der Waals surface area contributed by atoms with Gasteiger partial charge < -0.3 is 5.32 Å². The van der Waals surface area contributed by atoms with E-state index >= 15 is 0 Å². The minimum Gasteiger partial charge on any atom is -0.313 e. The summed E-state index contributed by atoms with van der Waals surface area (Å²) in [5, 5.41) is 6.66. The van der Waals surface area contributed by atoms with E-state index in [2.05, 4.69) is 48.2 Å². The minimum atomic E-state index is -0.735. The van der Waals surface area contributed by atoms with Crippen molar-refractivity contribution in [2.75, 3.05) is 6.54 Å². The molecule has 3 aliphatic rings. The maximum atomic E-state index is 13.5. The number of fused-ring (bicyclic) bond motifs is 3. The number of carbonyl (C=O) groups excluding carboxylic acids is 2. The summed E-state index contributed by atoms with van der Waals surface area (Å²) in [6, 6.07) is 5.43. The summed E-state index contributed by atoms with van der Waals surface area (Å²) >= 11 is 0. The summed E-state index contributed by atoms with van der Waals surface area (Å²) in [6.07, 6.45) is 9.93. The first-order valence-corrected chi connectivity index (χ1v) is 14.7. The van der Waals surface area contributed by atoms with Crippen LogP contribution in [0, 0.1) is 35.5 Å². The molecule has 1 aliphatic heterocycles. The Bertz CT molecular complexity index is 1400. The Morgan fingerprint density at radius 3 is 2.62 bits per heavy atom. The monoisotopic (exact) mass is 530 g/mol. The summed E-state index contributed by atoms with van der Waals surface area (Å²) < 4.78 is 1.42. The molecule has 39 heavy (non-hydrogen) atoms. The molecule has 3 fully saturated rings. The van der Waals surface area contributed by atoms with Gasteiger partial charge in [-0.15, -0.1) is 0 Å². The third-order valence-corrected chi connectivity index (χ3v) is 10.3. The lowest BCUT2D eigenvalue weighted by Crippen LogP contribution is -2.45. The summed E-state index contributed by atoms with van der Waals surface area (Å²) in [7, 11) is 0. The highest BCUT2D eigenvalue weighted by molar-refractivity contribution is 5.99. The highest BCUT2D eigenvalue weighted by Crippen LogP contribution is 2.65. The van der Waals surface area contributed by atoms with Gasteiger partial charge in [-0.05, 0) is 80.9 Å².